The summed E-state index contributed by atoms with van der Waals surface area (Å²) in [6.07, 6.45) is -0.372. The summed E-state index contributed by atoms with van der Waals surface area (Å²) in [5, 5.41) is 26.2. The Morgan fingerprint density at radius 1 is 1.18 bits per heavy atom. The summed E-state index contributed by atoms with van der Waals surface area (Å²) >= 11 is 0. The van der Waals surface area contributed by atoms with Gasteiger partial charge < -0.3 is 20.2 Å². The fourth-order valence-electron chi connectivity index (χ4n) is 1.06. The minimum absolute atomic E-state index is 0.0993. The Morgan fingerprint density at radius 2 is 1.64 bits per heavy atom. The van der Waals surface area contributed by atoms with Crippen LogP contribution >= 0.6 is 0 Å². The molecule has 1 atom stereocenters. The van der Waals surface area contributed by atoms with Crippen molar-refractivity contribution in [3.63, 3.8) is 0 Å². The third-order valence-electron chi connectivity index (χ3n) is 1.51. The Kier molecular flexibility index (Phi) is 6.45. The van der Waals surface area contributed by atoms with Gasteiger partial charge in [-0.25, -0.2) is 0 Å². The number of hydrogen-bond donors (Lipinski definition) is 4. The van der Waals surface area contributed by atoms with Crippen LogP contribution in [0.1, 0.15) is 6.92 Å². The molecule has 1 unspecified atom stereocenters. The Labute approximate surface area is 67.1 Å². The van der Waals surface area contributed by atoms with E-state index in [0.29, 0.717) is 19.6 Å². The van der Waals surface area contributed by atoms with Crippen LogP contribution in [0.2, 0.25) is 0 Å². The molecule has 0 radical (unpaired) electrons. The second-order valence-electron chi connectivity index (χ2n) is 2.75. The maximum Gasteiger partial charge on any atom is 0.103 e. The summed E-state index contributed by atoms with van der Waals surface area (Å²) in [7, 11) is 0. The van der Waals surface area contributed by atoms with Gasteiger partial charge in [0.15, 0.2) is 0 Å². The topological polar surface area (TPSA) is 65.1 Å². The summed E-state index contributed by atoms with van der Waals surface area (Å²) in [6.45, 7) is 3.66. The minimum Gasteiger partial charge on any atom is -0.391 e. The van der Waals surface area contributed by atoms with Crippen LogP contribution in [0.4, 0.5) is 0 Å². The van der Waals surface area contributed by atoms with Gasteiger partial charge in [-0.15, -0.1) is 0 Å². The zero-order valence-corrected chi connectivity index (χ0v) is 6.95. The molecule has 0 aromatic rings. The minimum atomic E-state index is -0.372. The molecular weight excluding hydrogens is 146 g/mol. The highest BCUT2D eigenvalue weighted by atomic mass is 16.3. The molecule has 4 heteroatoms. The molecule has 4 N–H and O–H groups in total. The van der Waals surface area contributed by atoms with E-state index < -0.39 is 0 Å². The van der Waals surface area contributed by atoms with Gasteiger partial charge in [-0.3, -0.25) is 0 Å². The largest absolute Gasteiger partial charge is 0.391 e. The predicted molar refractivity (Wildman–Crippen MR) is 41.4 cm³/mol. The van der Waals surface area contributed by atoms with Gasteiger partial charge in [-0.2, -0.15) is 0 Å². The van der Waals surface area contributed by atoms with Crippen LogP contribution in [0.25, 0.3) is 0 Å². The molecular formula is C7H18NO3+. The molecule has 4 nitrogen and oxygen atoms in total. The van der Waals surface area contributed by atoms with Crippen molar-refractivity contribution >= 4 is 0 Å². The standard InChI is InChI=1S/C7H17NO3/c1-7(11)6-8(2-4-9)3-5-10/h7,9-11H,2-6H2,1H3/p+1. The van der Waals surface area contributed by atoms with E-state index in [9.17, 15) is 0 Å². The average Bonchev–Trinajstić information content (AvgIpc) is 1.87. The van der Waals surface area contributed by atoms with Crippen LogP contribution in [0, 0.1) is 0 Å². The number of aliphatic hydroxyl groups excluding tert-OH is 3. The van der Waals surface area contributed by atoms with E-state index in [0.717, 1.165) is 4.90 Å². The summed E-state index contributed by atoms with van der Waals surface area (Å²) in [4.78, 5) is 1.03. The zero-order chi connectivity index (χ0) is 8.69. The molecule has 0 aliphatic rings. The van der Waals surface area contributed by atoms with Crippen LogP contribution < -0.4 is 4.90 Å². The van der Waals surface area contributed by atoms with Gasteiger partial charge in [0, 0.05) is 0 Å². The van der Waals surface area contributed by atoms with E-state index in [1.165, 1.54) is 0 Å². The summed E-state index contributed by atoms with van der Waals surface area (Å²) < 4.78 is 0. The van der Waals surface area contributed by atoms with E-state index in [4.69, 9.17) is 15.3 Å². The highest BCUT2D eigenvalue weighted by Gasteiger charge is 2.09. The quantitative estimate of drug-likeness (QED) is 0.344. The average molecular weight is 164 g/mol. The van der Waals surface area contributed by atoms with Crippen LogP contribution in [0.15, 0.2) is 0 Å². The van der Waals surface area contributed by atoms with Crippen LogP contribution in [0.3, 0.4) is 0 Å². The highest BCUT2D eigenvalue weighted by molar-refractivity contribution is 4.40. The van der Waals surface area contributed by atoms with E-state index in [1.54, 1.807) is 6.92 Å². The van der Waals surface area contributed by atoms with Crippen LogP contribution in [0.5, 0.6) is 0 Å². The van der Waals surface area contributed by atoms with Crippen molar-refractivity contribution in [2.24, 2.45) is 0 Å². The lowest BCUT2D eigenvalue weighted by Crippen LogP contribution is -3.14. The summed E-state index contributed by atoms with van der Waals surface area (Å²) in [5.41, 5.74) is 0. The Hall–Kier alpha value is -0.160. The van der Waals surface area contributed by atoms with Gasteiger partial charge in [0.25, 0.3) is 0 Å². The molecule has 0 fully saturated rings. The molecule has 0 bridgehead atoms. The van der Waals surface area contributed by atoms with E-state index in [2.05, 4.69) is 0 Å². The molecule has 68 valence electrons. The van der Waals surface area contributed by atoms with Gasteiger partial charge in [0.1, 0.15) is 25.7 Å². The molecule has 0 aromatic heterocycles. The van der Waals surface area contributed by atoms with Crippen molar-refractivity contribution in [1.29, 1.82) is 0 Å². The van der Waals surface area contributed by atoms with Crippen molar-refractivity contribution in [2.45, 2.75) is 13.0 Å². The SMILES string of the molecule is CC(O)C[NH+](CCO)CCO. The number of hydrogen-bond acceptors (Lipinski definition) is 3. The van der Waals surface area contributed by atoms with Gasteiger partial charge >= 0.3 is 0 Å². The highest BCUT2D eigenvalue weighted by Crippen LogP contribution is 1.69. The number of quaternary nitrogens is 1. The lowest BCUT2D eigenvalue weighted by Gasteiger charge is -2.18. The van der Waals surface area contributed by atoms with Gasteiger partial charge in [0.05, 0.1) is 13.2 Å². The Balaban J connectivity index is 3.50. The smallest absolute Gasteiger partial charge is 0.103 e. The first kappa shape index (κ1) is 10.8. The van der Waals surface area contributed by atoms with E-state index in [-0.39, 0.29) is 19.3 Å². The molecule has 11 heavy (non-hydrogen) atoms. The van der Waals surface area contributed by atoms with E-state index in [1.807, 2.05) is 0 Å². The molecule has 0 spiro atoms. The molecule has 0 saturated carbocycles. The zero-order valence-electron chi connectivity index (χ0n) is 6.95. The molecule has 0 aliphatic heterocycles. The molecule has 0 rings (SSSR count). The molecule has 0 heterocycles. The van der Waals surface area contributed by atoms with Crippen LogP contribution in [-0.2, 0) is 0 Å². The number of nitrogens with one attached hydrogen (secondary N) is 1. The van der Waals surface area contributed by atoms with Crippen LogP contribution in [-0.4, -0.2) is 54.3 Å². The van der Waals surface area contributed by atoms with Crippen molar-refractivity contribution in [3.05, 3.63) is 0 Å². The molecule has 0 amide bonds. The third kappa shape index (κ3) is 6.25. The molecule has 0 aromatic carbocycles. The lowest BCUT2D eigenvalue weighted by molar-refractivity contribution is -0.903. The first-order valence-electron chi connectivity index (χ1n) is 3.94. The normalized spacial score (nSPS) is 13.9. The third-order valence-corrected chi connectivity index (χ3v) is 1.51. The van der Waals surface area contributed by atoms with Gasteiger partial charge in [-0.05, 0) is 6.92 Å². The molecule has 0 aliphatic carbocycles. The van der Waals surface area contributed by atoms with Gasteiger partial charge in [0.2, 0.25) is 0 Å². The number of rotatable bonds is 6. The number of aliphatic hydroxyl groups is 3. The van der Waals surface area contributed by atoms with Crippen molar-refractivity contribution in [1.82, 2.24) is 0 Å². The second-order valence-corrected chi connectivity index (χ2v) is 2.75. The van der Waals surface area contributed by atoms with E-state index >= 15 is 0 Å². The monoisotopic (exact) mass is 164 g/mol. The van der Waals surface area contributed by atoms with Crippen molar-refractivity contribution < 1.29 is 20.2 Å². The predicted octanol–water partition coefficient (Wildman–Crippen LogP) is -2.76. The fraction of sp³-hybridized carbons (Fsp3) is 1.00. The second kappa shape index (κ2) is 6.54. The summed E-state index contributed by atoms with van der Waals surface area (Å²) in [6, 6.07) is 0. The molecule has 0 saturated heterocycles. The Bertz CT molecular complexity index is 81.8. The lowest BCUT2D eigenvalue weighted by atomic mass is 10.3. The summed E-state index contributed by atoms with van der Waals surface area (Å²) in [5.74, 6) is 0. The van der Waals surface area contributed by atoms with Crippen molar-refractivity contribution in [3.8, 4) is 0 Å². The fourth-order valence-corrected chi connectivity index (χ4v) is 1.06. The first-order chi connectivity index (χ1) is 5.20. The van der Waals surface area contributed by atoms with Gasteiger partial charge in [-0.1, -0.05) is 0 Å². The Morgan fingerprint density at radius 3 is 1.91 bits per heavy atom. The van der Waals surface area contributed by atoms with Crippen molar-refractivity contribution in [2.75, 3.05) is 32.8 Å². The maximum atomic E-state index is 8.99. The first-order valence-corrected chi connectivity index (χ1v) is 3.94. The maximum absolute atomic E-state index is 8.99.